The summed E-state index contributed by atoms with van der Waals surface area (Å²) in [5.74, 6) is 1.75. The highest BCUT2D eigenvalue weighted by Gasteiger charge is 2.26. The number of carbonyl (C=O) groups is 1. The van der Waals surface area contributed by atoms with Crippen molar-refractivity contribution in [3.05, 3.63) is 48.2 Å². The van der Waals surface area contributed by atoms with Crippen molar-refractivity contribution in [2.24, 2.45) is 5.92 Å². The van der Waals surface area contributed by atoms with Crippen LogP contribution >= 0.6 is 0 Å². The molecule has 1 aliphatic heterocycles. The lowest BCUT2D eigenvalue weighted by Crippen LogP contribution is -2.40. The number of sulfonamides is 1. The molecule has 0 spiro atoms. The maximum absolute atomic E-state index is 12.6. The van der Waals surface area contributed by atoms with Crippen molar-refractivity contribution in [1.82, 2.24) is 24.1 Å². The van der Waals surface area contributed by atoms with Gasteiger partial charge in [-0.1, -0.05) is 6.92 Å². The van der Waals surface area contributed by atoms with Gasteiger partial charge in [-0.3, -0.25) is 9.69 Å². The Morgan fingerprint density at radius 2 is 2.00 bits per heavy atom. The first-order valence-electron chi connectivity index (χ1n) is 11.7. The molecule has 0 bridgehead atoms. The second kappa shape index (κ2) is 10.3. The molecule has 2 aromatic heterocycles. The first-order valence-corrected chi connectivity index (χ1v) is 13.2. The number of amides is 1. The summed E-state index contributed by atoms with van der Waals surface area (Å²) in [5.41, 5.74) is 1.64. The molecule has 0 aliphatic carbocycles. The number of furan rings is 1. The zero-order chi connectivity index (χ0) is 24.3. The molecule has 1 aliphatic rings. The van der Waals surface area contributed by atoms with Crippen molar-refractivity contribution < 1.29 is 17.6 Å². The van der Waals surface area contributed by atoms with Gasteiger partial charge in [-0.05, 0) is 62.7 Å². The second-order valence-electron chi connectivity index (χ2n) is 8.97. The Morgan fingerprint density at radius 1 is 1.24 bits per heavy atom. The molecule has 34 heavy (non-hydrogen) atoms. The summed E-state index contributed by atoms with van der Waals surface area (Å²) in [7, 11) is -0.457. The zero-order valence-corrected chi connectivity index (χ0v) is 20.8. The number of hydrogen-bond donors (Lipinski definition) is 1. The topological polar surface area (TPSA) is 101 Å². The third kappa shape index (κ3) is 5.18. The summed E-state index contributed by atoms with van der Waals surface area (Å²) in [6.07, 6.45) is 4.15. The molecular formula is C24H33N5O4S. The number of rotatable bonds is 9. The SMILES string of the molecule is CCCn1c(CN2CCC(C(=O)NCc3ccco3)CC2)nc2cc(S(=O)(=O)N(C)C)ccc21. The highest BCUT2D eigenvalue weighted by Crippen LogP contribution is 2.25. The predicted octanol–water partition coefficient (Wildman–Crippen LogP) is 2.82. The Morgan fingerprint density at radius 3 is 2.65 bits per heavy atom. The lowest BCUT2D eigenvalue weighted by molar-refractivity contribution is -0.126. The Balaban J connectivity index is 1.43. The summed E-state index contributed by atoms with van der Waals surface area (Å²) in [6, 6.07) is 8.84. The lowest BCUT2D eigenvalue weighted by atomic mass is 9.96. The second-order valence-corrected chi connectivity index (χ2v) is 11.1. The van der Waals surface area contributed by atoms with Crippen molar-refractivity contribution in [2.75, 3.05) is 27.2 Å². The fraction of sp³-hybridized carbons (Fsp3) is 0.500. The van der Waals surface area contributed by atoms with Crippen LogP contribution in [0.5, 0.6) is 0 Å². The van der Waals surface area contributed by atoms with Gasteiger partial charge in [-0.25, -0.2) is 17.7 Å². The summed E-state index contributed by atoms with van der Waals surface area (Å²) in [6.45, 7) is 5.65. The number of likely N-dealkylation sites (tertiary alicyclic amines) is 1. The van der Waals surface area contributed by atoms with Crippen molar-refractivity contribution >= 4 is 27.0 Å². The van der Waals surface area contributed by atoms with Gasteiger partial charge in [0.2, 0.25) is 15.9 Å². The van der Waals surface area contributed by atoms with Crippen molar-refractivity contribution in [3.8, 4) is 0 Å². The molecule has 0 saturated carbocycles. The monoisotopic (exact) mass is 487 g/mol. The average molecular weight is 488 g/mol. The molecular weight excluding hydrogens is 454 g/mol. The van der Waals surface area contributed by atoms with E-state index < -0.39 is 10.0 Å². The van der Waals surface area contributed by atoms with E-state index in [2.05, 4.69) is 21.7 Å². The summed E-state index contributed by atoms with van der Waals surface area (Å²) in [5, 5.41) is 2.97. The number of carbonyl (C=O) groups excluding carboxylic acids is 1. The Bertz CT molecular complexity index is 1230. The summed E-state index contributed by atoms with van der Waals surface area (Å²) in [4.78, 5) is 19.9. The van der Waals surface area contributed by atoms with E-state index in [4.69, 9.17) is 9.40 Å². The summed E-state index contributed by atoms with van der Waals surface area (Å²) < 4.78 is 33.8. The number of aromatic nitrogens is 2. The maximum Gasteiger partial charge on any atom is 0.242 e. The van der Waals surface area contributed by atoms with E-state index in [-0.39, 0.29) is 16.7 Å². The van der Waals surface area contributed by atoms with Crippen LogP contribution in [0.3, 0.4) is 0 Å². The quantitative estimate of drug-likeness (QED) is 0.498. The number of hydrogen-bond acceptors (Lipinski definition) is 6. The molecule has 3 aromatic rings. The minimum absolute atomic E-state index is 0.000491. The molecule has 1 amide bonds. The predicted molar refractivity (Wildman–Crippen MR) is 129 cm³/mol. The number of imidazole rings is 1. The van der Waals surface area contributed by atoms with Crippen LogP contribution in [0.15, 0.2) is 45.9 Å². The van der Waals surface area contributed by atoms with Crippen LogP contribution in [0, 0.1) is 5.92 Å². The summed E-state index contributed by atoms with van der Waals surface area (Å²) >= 11 is 0. The Hall–Kier alpha value is -2.69. The van der Waals surface area contributed by atoms with Gasteiger partial charge in [0.25, 0.3) is 0 Å². The molecule has 3 heterocycles. The maximum atomic E-state index is 12.6. The van der Waals surface area contributed by atoms with E-state index in [1.807, 2.05) is 18.2 Å². The van der Waals surface area contributed by atoms with Crippen LogP contribution in [0.1, 0.15) is 37.8 Å². The standard InChI is InChI=1S/C24H33N5O4S/c1-4-11-29-22-8-7-20(34(31,32)27(2)3)15-21(22)26-23(29)17-28-12-9-18(10-13-28)24(30)25-16-19-6-5-14-33-19/h5-8,14-15,18H,4,9-13,16-17H2,1-3H3,(H,25,30). The van der Waals surface area contributed by atoms with E-state index in [0.717, 1.165) is 56.0 Å². The number of piperidine rings is 1. The first-order chi connectivity index (χ1) is 16.3. The van der Waals surface area contributed by atoms with E-state index in [1.165, 1.54) is 18.4 Å². The molecule has 0 atom stereocenters. The fourth-order valence-corrected chi connectivity index (χ4v) is 5.33. The number of fused-ring (bicyclic) bond motifs is 1. The van der Waals surface area contributed by atoms with Crippen LogP contribution < -0.4 is 5.32 Å². The molecule has 0 radical (unpaired) electrons. The van der Waals surface area contributed by atoms with Gasteiger partial charge in [0.1, 0.15) is 11.6 Å². The minimum atomic E-state index is -3.52. The van der Waals surface area contributed by atoms with Gasteiger partial charge in [0, 0.05) is 26.6 Å². The normalized spacial score (nSPS) is 15.9. The van der Waals surface area contributed by atoms with Crippen LogP contribution in [0.25, 0.3) is 11.0 Å². The third-order valence-electron chi connectivity index (χ3n) is 6.36. The molecule has 0 unspecified atom stereocenters. The molecule has 1 fully saturated rings. The number of benzene rings is 1. The highest BCUT2D eigenvalue weighted by atomic mass is 32.2. The number of nitrogens with zero attached hydrogens (tertiary/aromatic N) is 4. The molecule has 1 saturated heterocycles. The van der Waals surface area contributed by atoms with Crippen LogP contribution in [0.4, 0.5) is 0 Å². The molecule has 10 heteroatoms. The molecule has 1 N–H and O–H groups in total. The molecule has 9 nitrogen and oxygen atoms in total. The molecule has 1 aromatic carbocycles. The van der Waals surface area contributed by atoms with Crippen molar-refractivity contribution in [2.45, 2.75) is 50.7 Å². The van der Waals surface area contributed by atoms with E-state index in [0.29, 0.717) is 18.6 Å². The largest absolute Gasteiger partial charge is 0.467 e. The van der Waals surface area contributed by atoms with E-state index >= 15 is 0 Å². The van der Waals surface area contributed by atoms with Crippen LogP contribution in [-0.4, -0.2) is 60.3 Å². The van der Waals surface area contributed by atoms with Gasteiger partial charge >= 0.3 is 0 Å². The average Bonchev–Trinajstić information content (AvgIpc) is 3.46. The van der Waals surface area contributed by atoms with Gasteiger partial charge in [-0.15, -0.1) is 0 Å². The zero-order valence-electron chi connectivity index (χ0n) is 20.0. The van der Waals surface area contributed by atoms with Gasteiger partial charge in [0.15, 0.2) is 0 Å². The fourth-order valence-electron chi connectivity index (χ4n) is 4.41. The third-order valence-corrected chi connectivity index (χ3v) is 8.18. The first kappa shape index (κ1) is 24.4. The van der Waals surface area contributed by atoms with E-state index in [1.54, 1.807) is 18.4 Å². The minimum Gasteiger partial charge on any atom is -0.467 e. The Labute approximate surface area is 200 Å². The molecule has 4 rings (SSSR count). The lowest BCUT2D eigenvalue weighted by Gasteiger charge is -2.31. The van der Waals surface area contributed by atoms with Crippen LogP contribution in [-0.2, 0) is 34.5 Å². The smallest absolute Gasteiger partial charge is 0.242 e. The Kier molecular flexibility index (Phi) is 7.39. The number of aryl methyl sites for hydroxylation is 1. The van der Waals surface area contributed by atoms with Crippen LogP contribution in [0.2, 0.25) is 0 Å². The van der Waals surface area contributed by atoms with Gasteiger partial charge in [-0.2, -0.15) is 0 Å². The van der Waals surface area contributed by atoms with Crippen molar-refractivity contribution in [3.63, 3.8) is 0 Å². The number of nitrogens with one attached hydrogen (secondary N) is 1. The van der Waals surface area contributed by atoms with Gasteiger partial charge < -0.3 is 14.3 Å². The highest BCUT2D eigenvalue weighted by molar-refractivity contribution is 7.89. The van der Waals surface area contributed by atoms with Crippen molar-refractivity contribution in [1.29, 1.82) is 0 Å². The van der Waals surface area contributed by atoms with Gasteiger partial charge in [0.05, 0.1) is 35.3 Å². The molecule has 184 valence electrons. The van der Waals surface area contributed by atoms with E-state index in [9.17, 15) is 13.2 Å².